The van der Waals surface area contributed by atoms with E-state index in [0.717, 1.165) is 21.7 Å². The number of carbonyl (C=O) groups is 2. The van der Waals surface area contributed by atoms with Crippen molar-refractivity contribution in [1.82, 2.24) is 10.2 Å². The predicted molar refractivity (Wildman–Crippen MR) is 134 cm³/mol. The number of halogens is 3. The van der Waals surface area contributed by atoms with Gasteiger partial charge in [-0.05, 0) is 38.5 Å². The van der Waals surface area contributed by atoms with Crippen molar-refractivity contribution in [1.29, 1.82) is 0 Å². The molecular weight excluding hydrogens is 509 g/mol. The molecule has 2 amide bonds. The fourth-order valence-corrected chi connectivity index (χ4v) is 4.64. The third-order valence-electron chi connectivity index (χ3n) is 4.93. The minimum absolute atomic E-state index is 0.0165. The number of likely N-dealkylation sites (N-methyl/N-ethyl adjacent to an activating group) is 1. The molecule has 0 bridgehead atoms. The lowest BCUT2D eigenvalue weighted by Crippen LogP contribution is -2.51. The molecule has 0 aliphatic rings. The van der Waals surface area contributed by atoms with Gasteiger partial charge >= 0.3 is 0 Å². The Morgan fingerprint density at radius 2 is 1.61 bits per heavy atom. The lowest BCUT2D eigenvalue weighted by Gasteiger charge is -2.31. The van der Waals surface area contributed by atoms with Crippen LogP contribution in [0.4, 0.5) is 5.69 Å². The van der Waals surface area contributed by atoms with E-state index in [4.69, 9.17) is 34.8 Å². The molecule has 0 spiro atoms. The number of nitrogens with zero attached hydrogens (tertiary/aromatic N) is 2. The summed E-state index contributed by atoms with van der Waals surface area (Å²) < 4.78 is 26.0. The molecule has 1 N–H and O–H groups in total. The van der Waals surface area contributed by atoms with Crippen LogP contribution in [0.15, 0.2) is 36.4 Å². The van der Waals surface area contributed by atoms with Gasteiger partial charge < -0.3 is 10.2 Å². The standard InChI is InChI=1S/C22H26Cl3N3O4S/c1-5-26-22(30)15(3)27(12-16-8-6-14(2)7-9-16)21(29)13-28(33(4,31)32)20-11-18(24)17(23)10-19(20)25/h6-11,15H,5,12-13H2,1-4H3,(H,26,30). The maximum atomic E-state index is 13.4. The predicted octanol–water partition coefficient (Wildman–Crippen LogP) is 4.27. The summed E-state index contributed by atoms with van der Waals surface area (Å²) in [4.78, 5) is 27.3. The molecule has 0 aliphatic carbocycles. The van der Waals surface area contributed by atoms with Crippen molar-refractivity contribution in [3.8, 4) is 0 Å². The van der Waals surface area contributed by atoms with Gasteiger partial charge in [0.2, 0.25) is 21.8 Å². The lowest BCUT2D eigenvalue weighted by molar-refractivity contribution is -0.139. The molecule has 11 heteroatoms. The van der Waals surface area contributed by atoms with Gasteiger partial charge in [0, 0.05) is 13.1 Å². The van der Waals surface area contributed by atoms with E-state index >= 15 is 0 Å². The van der Waals surface area contributed by atoms with Crippen LogP contribution in [0.5, 0.6) is 0 Å². The Kier molecular flexibility index (Phi) is 9.43. The normalized spacial score (nSPS) is 12.2. The van der Waals surface area contributed by atoms with Gasteiger partial charge in [-0.2, -0.15) is 0 Å². The second-order valence-electron chi connectivity index (χ2n) is 7.57. The first-order valence-corrected chi connectivity index (χ1v) is 13.1. The molecule has 0 aromatic heterocycles. The molecule has 0 heterocycles. The molecule has 2 rings (SSSR count). The second kappa shape index (κ2) is 11.4. The van der Waals surface area contributed by atoms with Crippen LogP contribution in [0.2, 0.25) is 15.1 Å². The topological polar surface area (TPSA) is 86.8 Å². The first kappa shape index (κ1) is 27.2. The van der Waals surface area contributed by atoms with Gasteiger partial charge in [0.05, 0.1) is 27.0 Å². The second-order valence-corrected chi connectivity index (χ2v) is 10.7. The highest BCUT2D eigenvalue weighted by atomic mass is 35.5. The van der Waals surface area contributed by atoms with Crippen LogP contribution in [-0.2, 0) is 26.2 Å². The van der Waals surface area contributed by atoms with Crippen molar-refractivity contribution in [2.75, 3.05) is 23.7 Å². The van der Waals surface area contributed by atoms with E-state index in [9.17, 15) is 18.0 Å². The van der Waals surface area contributed by atoms with Crippen LogP contribution < -0.4 is 9.62 Å². The highest BCUT2D eigenvalue weighted by molar-refractivity contribution is 7.92. The summed E-state index contributed by atoms with van der Waals surface area (Å²) in [6.45, 7) is 5.23. The first-order valence-electron chi connectivity index (χ1n) is 10.1. The van der Waals surface area contributed by atoms with Crippen molar-refractivity contribution in [3.63, 3.8) is 0 Å². The molecule has 0 saturated carbocycles. The molecule has 0 aliphatic heterocycles. The Morgan fingerprint density at radius 3 is 2.15 bits per heavy atom. The quantitative estimate of drug-likeness (QED) is 0.487. The largest absolute Gasteiger partial charge is 0.355 e. The van der Waals surface area contributed by atoms with Crippen LogP contribution >= 0.6 is 34.8 Å². The van der Waals surface area contributed by atoms with Crippen LogP contribution in [0.25, 0.3) is 0 Å². The molecule has 1 atom stereocenters. The Bertz CT molecular complexity index is 1120. The summed E-state index contributed by atoms with van der Waals surface area (Å²) in [6, 6.07) is 9.25. The summed E-state index contributed by atoms with van der Waals surface area (Å²) in [5.41, 5.74) is 1.86. The first-order chi connectivity index (χ1) is 15.3. The molecule has 33 heavy (non-hydrogen) atoms. The lowest BCUT2D eigenvalue weighted by atomic mass is 10.1. The number of sulfonamides is 1. The van der Waals surface area contributed by atoms with Crippen LogP contribution in [0.3, 0.4) is 0 Å². The number of carbonyl (C=O) groups excluding carboxylic acids is 2. The minimum atomic E-state index is -3.93. The highest BCUT2D eigenvalue weighted by Gasteiger charge is 2.31. The molecule has 0 saturated heterocycles. The number of benzene rings is 2. The highest BCUT2D eigenvalue weighted by Crippen LogP contribution is 2.35. The zero-order valence-electron chi connectivity index (χ0n) is 18.7. The van der Waals surface area contributed by atoms with E-state index in [1.807, 2.05) is 31.2 Å². The summed E-state index contributed by atoms with van der Waals surface area (Å²) in [6.07, 6.45) is 0.955. The van der Waals surface area contributed by atoms with E-state index in [1.165, 1.54) is 17.0 Å². The van der Waals surface area contributed by atoms with E-state index in [1.54, 1.807) is 13.8 Å². The van der Waals surface area contributed by atoms with Crippen molar-refractivity contribution >= 4 is 62.3 Å². The maximum absolute atomic E-state index is 13.4. The average molecular weight is 535 g/mol. The van der Waals surface area contributed by atoms with E-state index < -0.39 is 28.5 Å². The molecule has 0 radical (unpaired) electrons. The Hall–Kier alpha value is -2.00. The van der Waals surface area contributed by atoms with Crippen LogP contribution in [0, 0.1) is 6.92 Å². The van der Waals surface area contributed by atoms with Gasteiger partial charge in [-0.1, -0.05) is 64.6 Å². The number of amides is 2. The number of hydrogen-bond acceptors (Lipinski definition) is 4. The van der Waals surface area contributed by atoms with Crippen LogP contribution in [-0.4, -0.2) is 50.5 Å². The van der Waals surface area contributed by atoms with Crippen molar-refractivity contribution in [3.05, 3.63) is 62.6 Å². The zero-order valence-corrected chi connectivity index (χ0v) is 21.8. The fourth-order valence-electron chi connectivity index (χ4n) is 3.09. The molecule has 180 valence electrons. The number of anilines is 1. The van der Waals surface area contributed by atoms with Gasteiger partial charge in [-0.25, -0.2) is 8.42 Å². The fraction of sp³-hybridized carbons (Fsp3) is 0.364. The van der Waals surface area contributed by atoms with Gasteiger partial charge in [0.25, 0.3) is 0 Å². The van der Waals surface area contributed by atoms with Gasteiger partial charge in [-0.3, -0.25) is 13.9 Å². The smallest absolute Gasteiger partial charge is 0.244 e. The summed E-state index contributed by atoms with van der Waals surface area (Å²) in [5.74, 6) is -0.932. The Morgan fingerprint density at radius 1 is 1.03 bits per heavy atom. The summed E-state index contributed by atoms with van der Waals surface area (Å²) in [7, 11) is -3.93. The van der Waals surface area contributed by atoms with Gasteiger partial charge in [0.15, 0.2) is 0 Å². The number of aryl methyl sites for hydroxylation is 1. The van der Waals surface area contributed by atoms with Crippen molar-refractivity contribution < 1.29 is 18.0 Å². The third-order valence-corrected chi connectivity index (χ3v) is 7.08. The SMILES string of the molecule is CCNC(=O)C(C)N(Cc1ccc(C)cc1)C(=O)CN(c1cc(Cl)c(Cl)cc1Cl)S(C)(=O)=O. The van der Waals surface area contributed by atoms with E-state index in [-0.39, 0.29) is 33.2 Å². The molecule has 2 aromatic rings. The van der Waals surface area contributed by atoms with Crippen molar-refractivity contribution in [2.45, 2.75) is 33.4 Å². The average Bonchev–Trinajstić information content (AvgIpc) is 2.73. The third kappa shape index (κ3) is 7.24. The number of hydrogen-bond donors (Lipinski definition) is 1. The maximum Gasteiger partial charge on any atom is 0.244 e. The minimum Gasteiger partial charge on any atom is -0.355 e. The van der Waals surface area contributed by atoms with Gasteiger partial charge in [0.1, 0.15) is 12.6 Å². The molecular formula is C22H26Cl3N3O4S. The number of rotatable bonds is 9. The molecule has 2 aromatic carbocycles. The van der Waals surface area contributed by atoms with Gasteiger partial charge in [-0.15, -0.1) is 0 Å². The summed E-state index contributed by atoms with van der Waals surface area (Å²) >= 11 is 18.3. The van der Waals surface area contributed by atoms with Crippen molar-refractivity contribution in [2.24, 2.45) is 0 Å². The van der Waals surface area contributed by atoms with E-state index in [0.29, 0.717) is 6.54 Å². The molecule has 0 fully saturated rings. The van der Waals surface area contributed by atoms with E-state index in [2.05, 4.69) is 5.32 Å². The Balaban J connectivity index is 2.44. The summed E-state index contributed by atoms with van der Waals surface area (Å²) in [5, 5.41) is 2.95. The zero-order chi connectivity index (χ0) is 24.9. The van der Waals surface area contributed by atoms with Crippen LogP contribution in [0.1, 0.15) is 25.0 Å². The monoisotopic (exact) mass is 533 g/mol. The number of nitrogens with one attached hydrogen (secondary N) is 1. The molecule has 7 nitrogen and oxygen atoms in total. The Labute approximate surface area is 209 Å². The molecule has 1 unspecified atom stereocenters.